The summed E-state index contributed by atoms with van der Waals surface area (Å²) < 4.78 is 22.1. The van der Waals surface area contributed by atoms with Gasteiger partial charge >= 0.3 is 6.09 Å². The van der Waals surface area contributed by atoms with Crippen LogP contribution < -0.4 is 15.4 Å². The SMILES string of the molecule is Cc1cc(C(=O)NC2CCC(NC(=O)c3cc(F)cnc3Oc3cccc(-c4cccc(CCCN5CCN(C(=O)O)CC5)c4)c3)CC2)nn1C. The maximum Gasteiger partial charge on any atom is 0.407 e. The summed E-state index contributed by atoms with van der Waals surface area (Å²) >= 11 is 0. The lowest BCUT2D eigenvalue weighted by molar-refractivity contribution is 0.0887. The van der Waals surface area contributed by atoms with Crippen LogP contribution in [0.4, 0.5) is 9.18 Å². The Labute approximate surface area is 296 Å². The van der Waals surface area contributed by atoms with Crippen LogP contribution in [-0.2, 0) is 13.5 Å². The van der Waals surface area contributed by atoms with Crippen LogP contribution in [0.5, 0.6) is 11.6 Å². The van der Waals surface area contributed by atoms with Gasteiger partial charge in [0.25, 0.3) is 11.8 Å². The molecule has 0 radical (unpaired) electrons. The number of carbonyl (C=O) groups excluding carboxylic acids is 2. The quantitative estimate of drug-likeness (QED) is 0.189. The van der Waals surface area contributed by atoms with Crippen molar-refractivity contribution >= 4 is 17.9 Å². The Kier molecular flexibility index (Phi) is 11.2. The molecule has 2 fully saturated rings. The first-order valence-electron chi connectivity index (χ1n) is 17.5. The van der Waals surface area contributed by atoms with Gasteiger partial charge in [-0.3, -0.25) is 19.2 Å². The third-order valence-corrected chi connectivity index (χ3v) is 9.70. The van der Waals surface area contributed by atoms with E-state index >= 15 is 0 Å². The van der Waals surface area contributed by atoms with Crippen LogP contribution in [0, 0.1) is 12.7 Å². The lowest BCUT2D eigenvalue weighted by Crippen LogP contribution is -2.48. The third kappa shape index (κ3) is 9.28. The molecule has 1 saturated heterocycles. The summed E-state index contributed by atoms with van der Waals surface area (Å²) in [6, 6.07) is 18.5. The van der Waals surface area contributed by atoms with E-state index in [0.717, 1.165) is 61.6 Å². The molecule has 1 aliphatic carbocycles. The number of benzene rings is 2. The summed E-state index contributed by atoms with van der Waals surface area (Å²) in [7, 11) is 1.79. The molecule has 6 rings (SSSR count). The smallest absolute Gasteiger partial charge is 0.407 e. The Bertz CT molecular complexity index is 1850. The number of pyridine rings is 1. The van der Waals surface area contributed by atoms with Crippen molar-refractivity contribution in [1.29, 1.82) is 0 Å². The number of nitrogens with zero attached hydrogens (tertiary/aromatic N) is 5. The molecular weight excluding hydrogens is 653 g/mol. The molecule has 0 unspecified atom stereocenters. The van der Waals surface area contributed by atoms with Crippen molar-refractivity contribution < 1.29 is 28.6 Å². The predicted molar refractivity (Wildman–Crippen MR) is 189 cm³/mol. The van der Waals surface area contributed by atoms with Gasteiger partial charge < -0.3 is 25.4 Å². The zero-order chi connectivity index (χ0) is 35.9. The highest BCUT2D eigenvalue weighted by atomic mass is 19.1. The Morgan fingerprint density at radius 3 is 2.24 bits per heavy atom. The molecule has 2 aromatic carbocycles. The van der Waals surface area contributed by atoms with Crippen LogP contribution in [0.25, 0.3) is 11.1 Å². The summed E-state index contributed by atoms with van der Waals surface area (Å²) in [5.74, 6) is -0.850. The first-order chi connectivity index (χ1) is 24.6. The summed E-state index contributed by atoms with van der Waals surface area (Å²) in [4.78, 5) is 45.1. The molecule has 0 spiro atoms. The van der Waals surface area contributed by atoms with E-state index in [1.165, 1.54) is 10.5 Å². The van der Waals surface area contributed by atoms with Crippen molar-refractivity contribution in [2.75, 3.05) is 32.7 Å². The molecule has 0 bridgehead atoms. The van der Waals surface area contributed by atoms with Crippen molar-refractivity contribution in [3.63, 3.8) is 0 Å². The fraction of sp³-hybridized carbons (Fsp3) is 0.395. The highest BCUT2D eigenvalue weighted by molar-refractivity contribution is 5.96. The first-order valence-corrected chi connectivity index (χ1v) is 17.5. The van der Waals surface area contributed by atoms with Crippen LogP contribution in [0.1, 0.15) is 64.2 Å². The number of hydrogen-bond acceptors (Lipinski definition) is 7. The van der Waals surface area contributed by atoms with Gasteiger partial charge in [-0.05, 0) is 92.9 Å². The van der Waals surface area contributed by atoms with Crippen molar-refractivity contribution in [3.8, 4) is 22.8 Å². The maximum absolute atomic E-state index is 14.4. The Balaban J connectivity index is 1.03. The molecule has 1 aliphatic heterocycles. The molecule has 2 aromatic heterocycles. The van der Waals surface area contributed by atoms with Crippen molar-refractivity contribution in [3.05, 3.63) is 95.2 Å². The molecule has 3 heterocycles. The largest absolute Gasteiger partial charge is 0.465 e. The van der Waals surface area contributed by atoms with E-state index in [4.69, 9.17) is 4.74 Å². The van der Waals surface area contributed by atoms with Gasteiger partial charge in [-0.25, -0.2) is 14.2 Å². The number of carbonyl (C=O) groups is 3. The van der Waals surface area contributed by atoms with Gasteiger partial charge in [0.1, 0.15) is 22.8 Å². The van der Waals surface area contributed by atoms with Gasteiger partial charge in [-0.1, -0.05) is 36.4 Å². The fourth-order valence-electron chi connectivity index (χ4n) is 6.67. The molecule has 268 valence electrons. The summed E-state index contributed by atoms with van der Waals surface area (Å²) in [6.07, 6.45) is 4.71. The van der Waals surface area contributed by atoms with E-state index < -0.39 is 17.8 Å². The normalized spacial score (nSPS) is 17.9. The second kappa shape index (κ2) is 16.2. The molecule has 3 N–H and O–H groups in total. The first kappa shape index (κ1) is 35.5. The van der Waals surface area contributed by atoms with E-state index in [9.17, 15) is 23.9 Å². The number of rotatable bonds is 11. The van der Waals surface area contributed by atoms with Crippen LogP contribution in [0.2, 0.25) is 0 Å². The van der Waals surface area contributed by atoms with Crippen LogP contribution in [0.15, 0.2) is 66.9 Å². The standard InChI is InChI=1S/C38H44FN7O5/c1-25-20-34(43-44(25)2)36(48)42-31-13-11-30(12-14-31)41-35(47)33-23-29(39)24-40-37(33)51-32-10-4-9-28(22-32)27-8-3-6-26(21-27)7-5-15-45-16-18-46(19-17-45)38(49)50/h3-4,6,8-10,20-24,30-31H,5,7,11-19H2,1-2H3,(H,41,47)(H,42,48)(H,49,50). The molecule has 51 heavy (non-hydrogen) atoms. The number of aromatic nitrogens is 3. The van der Waals surface area contributed by atoms with Crippen molar-refractivity contribution in [1.82, 2.24) is 35.2 Å². The highest BCUT2D eigenvalue weighted by Gasteiger charge is 2.27. The molecule has 3 amide bonds. The summed E-state index contributed by atoms with van der Waals surface area (Å²) in [5, 5.41) is 19.5. The number of piperazine rings is 1. The number of aryl methyl sites for hydroxylation is 3. The monoisotopic (exact) mass is 697 g/mol. The number of amides is 3. The fourth-order valence-corrected chi connectivity index (χ4v) is 6.67. The number of nitrogens with one attached hydrogen (secondary N) is 2. The molecule has 0 atom stereocenters. The van der Waals surface area contributed by atoms with E-state index in [0.29, 0.717) is 50.2 Å². The number of halogens is 1. The van der Waals surface area contributed by atoms with Crippen LogP contribution in [0.3, 0.4) is 0 Å². The summed E-state index contributed by atoms with van der Waals surface area (Å²) in [5.41, 5.74) is 4.42. The second-order valence-electron chi connectivity index (χ2n) is 13.3. The van der Waals surface area contributed by atoms with Gasteiger partial charge in [0.05, 0.1) is 6.20 Å². The van der Waals surface area contributed by atoms with E-state index in [2.05, 4.69) is 37.7 Å². The molecule has 4 aromatic rings. The summed E-state index contributed by atoms with van der Waals surface area (Å²) in [6.45, 7) is 5.38. The lowest BCUT2D eigenvalue weighted by Gasteiger charge is -2.33. The lowest BCUT2D eigenvalue weighted by atomic mass is 9.91. The minimum atomic E-state index is -0.855. The van der Waals surface area contributed by atoms with E-state index in [1.807, 2.05) is 37.3 Å². The highest BCUT2D eigenvalue weighted by Crippen LogP contribution is 2.30. The van der Waals surface area contributed by atoms with Gasteiger partial charge in [0.15, 0.2) is 0 Å². The van der Waals surface area contributed by atoms with E-state index in [-0.39, 0.29) is 29.4 Å². The minimum Gasteiger partial charge on any atom is -0.465 e. The van der Waals surface area contributed by atoms with Gasteiger partial charge in [0.2, 0.25) is 5.88 Å². The van der Waals surface area contributed by atoms with Crippen LogP contribution in [-0.4, -0.2) is 92.4 Å². The van der Waals surface area contributed by atoms with Gasteiger partial charge in [-0.15, -0.1) is 0 Å². The average molecular weight is 698 g/mol. The molecule has 1 saturated carbocycles. The number of carboxylic acid groups (broad SMARTS) is 1. The zero-order valence-electron chi connectivity index (χ0n) is 29.0. The van der Waals surface area contributed by atoms with Crippen LogP contribution >= 0.6 is 0 Å². The van der Waals surface area contributed by atoms with Crippen molar-refractivity contribution in [2.24, 2.45) is 7.05 Å². The minimum absolute atomic E-state index is 0.00715. The number of hydrogen-bond donors (Lipinski definition) is 3. The molecule has 2 aliphatic rings. The Hall–Kier alpha value is -5.30. The maximum atomic E-state index is 14.4. The van der Waals surface area contributed by atoms with E-state index in [1.54, 1.807) is 23.9 Å². The molecule has 13 heteroatoms. The number of ether oxygens (including phenoxy) is 1. The topological polar surface area (TPSA) is 142 Å². The average Bonchev–Trinajstić information content (AvgIpc) is 3.48. The molecular formula is C38H44FN7O5. The second-order valence-corrected chi connectivity index (χ2v) is 13.3. The van der Waals surface area contributed by atoms with Crippen molar-refractivity contribution in [2.45, 2.75) is 57.5 Å². The molecule has 12 nitrogen and oxygen atoms in total. The van der Waals surface area contributed by atoms with Gasteiger partial charge in [0, 0.05) is 51.0 Å². The van der Waals surface area contributed by atoms with Gasteiger partial charge in [-0.2, -0.15) is 5.10 Å². The third-order valence-electron chi connectivity index (χ3n) is 9.70. The predicted octanol–water partition coefficient (Wildman–Crippen LogP) is 5.42. The Morgan fingerprint density at radius 1 is 0.902 bits per heavy atom. The zero-order valence-corrected chi connectivity index (χ0v) is 29.0. The Morgan fingerprint density at radius 2 is 1.57 bits per heavy atom.